The smallest absolute Gasteiger partial charge is 0.218 e. The SMILES string of the molecule is CCOc1ncccc1CNC(=NC)N1CCC(C)CC1.I. The van der Waals surface area contributed by atoms with E-state index in [0.717, 1.165) is 30.5 Å². The van der Waals surface area contributed by atoms with Crippen LogP contribution in [-0.2, 0) is 6.54 Å². The van der Waals surface area contributed by atoms with Crippen LogP contribution in [0, 0.1) is 5.92 Å². The van der Waals surface area contributed by atoms with Gasteiger partial charge in [-0.1, -0.05) is 13.0 Å². The first kappa shape index (κ1) is 19.0. The lowest BCUT2D eigenvalue weighted by Gasteiger charge is -2.33. The van der Waals surface area contributed by atoms with Crippen LogP contribution in [0.4, 0.5) is 0 Å². The van der Waals surface area contributed by atoms with Gasteiger partial charge in [0.25, 0.3) is 0 Å². The van der Waals surface area contributed by atoms with Gasteiger partial charge in [-0.15, -0.1) is 24.0 Å². The second-order valence-electron chi connectivity index (χ2n) is 5.47. The van der Waals surface area contributed by atoms with Crippen molar-refractivity contribution in [1.82, 2.24) is 15.2 Å². The van der Waals surface area contributed by atoms with E-state index >= 15 is 0 Å². The molecule has 0 aromatic carbocycles. The summed E-state index contributed by atoms with van der Waals surface area (Å²) in [5, 5.41) is 3.42. The Kier molecular flexibility index (Phi) is 8.52. The third kappa shape index (κ3) is 5.30. The van der Waals surface area contributed by atoms with Crippen molar-refractivity contribution in [1.29, 1.82) is 0 Å². The molecule has 0 aliphatic carbocycles. The first-order valence-corrected chi connectivity index (χ1v) is 7.76. The number of hydrogen-bond acceptors (Lipinski definition) is 3. The molecule has 2 rings (SSSR count). The van der Waals surface area contributed by atoms with Gasteiger partial charge in [-0.25, -0.2) is 4.98 Å². The number of ether oxygens (including phenoxy) is 1. The number of nitrogens with zero attached hydrogens (tertiary/aromatic N) is 3. The van der Waals surface area contributed by atoms with Gasteiger partial charge in [-0.3, -0.25) is 4.99 Å². The van der Waals surface area contributed by atoms with Gasteiger partial charge in [0.1, 0.15) is 0 Å². The number of guanidine groups is 1. The van der Waals surface area contributed by atoms with Crippen molar-refractivity contribution in [2.24, 2.45) is 10.9 Å². The average molecular weight is 418 g/mol. The van der Waals surface area contributed by atoms with Gasteiger partial charge in [0.2, 0.25) is 5.88 Å². The number of rotatable bonds is 4. The number of nitrogens with one attached hydrogen (secondary N) is 1. The molecule has 124 valence electrons. The Morgan fingerprint density at radius 2 is 2.18 bits per heavy atom. The zero-order valence-electron chi connectivity index (χ0n) is 13.7. The van der Waals surface area contributed by atoms with E-state index in [1.165, 1.54) is 12.8 Å². The monoisotopic (exact) mass is 418 g/mol. The third-order valence-electron chi connectivity index (χ3n) is 3.86. The second kappa shape index (κ2) is 9.86. The number of aliphatic imine (C=N–C) groups is 1. The fourth-order valence-corrected chi connectivity index (χ4v) is 2.55. The summed E-state index contributed by atoms with van der Waals surface area (Å²) in [6.45, 7) is 7.75. The Hall–Kier alpha value is -1.05. The van der Waals surface area contributed by atoms with Crippen molar-refractivity contribution in [3.05, 3.63) is 23.9 Å². The molecule has 1 aromatic heterocycles. The van der Waals surface area contributed by atoms with Crippen LogP contribution < -0.4 is 10.1 Å². The minimum absolute atomic E-state index is 0. The molecule has 0 radical (unpaired) electrons. The van der Waals surface area contributed by atoms with Crippen molar-refractivity contribution >= 4 is 29.9 Å². The lowest BCUT2D eigenvalue weighted by atomic mass is 10.00. The van der Waals surface area contributed by atoms with E-state index in [1.807, 2.05) is 26.1 Å². The largest absolute Gasteiger partial charge is 0.478 e. The fraction of sp³-hybridized carbons (Fsp3) is 0.625. The normalized spacial score (nSPS) is 16.1. The molecule has 0 spiro atoms. The molecule has 1 N–H and O–H groups in total. The van der Waals surface area contributed by atoms with E-state index in [1.54, 1.807) is 6.20 Å². The summed E-state index contributed by atoms with van der Waals surface area (Å²) >= 11 is 0. The first-order valence-electron chi connectivity index (χ1n) is 7.76. The quantitative estimate of drug-likeness (QED) is 0.464. The molecule has 0 bridgehead atoms. The second-order valence-corrected chi connectivity index (χ2v) is 5.47. The van der Waals surface area contributed by atoms with E-state index < -0.39 is 0 Å². The average Bonchev–Trinajstić information content (AvgIpc) is 2.51. The van der Waals surface area contributed by atoms with Gasteiger partial charge in [0, 0.05) is 38.4 Å². The highest BCUT2D eigenvalue weighted by Crippen LogP contribution is 2.17. The number of hydrogen-bond donors (Lipinski definition) is 1. The maximum atomic E-state index is 5.56. The molecule has 1 aromatic rings. The summed E-state index contributed by atoms with van der Waals surface area (Å²) < 4.78 is 5.56. The lowest BCUT2D eigenvalue weighted by molar-refractivity contribution is 0.273. The highest BCUT2D eigenvalue weighted by Gasteiger charge is 2.18. The lowest BCUT2D eigenvalue weighted by Crippen LogP contribution is -2.45. The molecule has 0 unspecified atom stereocenters. The van der Waals surface area contributed by atoms with E-state index in [-0.39, 0.29) is 24.0 Å². The van der Waals surface area contributed by atoms with Crippen LogP contribution >= 0.6 is 24.0 Å². The molecule has 1 saturated heterocycles. The van der Waals surface area contributed by atoms with Gasteiger partial charge in [-0.2, -0.15) is 0 Å². The first-order chi connectivity index (χ1) is 10.2. The number of likely N-dealkylation sites (tertiary alicyclic amines) is 1. The van der Waals surface area contributed by atoms with Crippen molar-refractivity contribution in [3.63, 3.8) is 0 Å². The molecule has 2 heterocycles. The molecule has 5 nitrogen and oxygen atoms in total. The molecule has 0 amide bonds. The Labute approximate surface area is 150 Å². The summed E-state index contributed by atoms with van der Waals surface area (Å²) in [7, 11) is 1.84. The minimum atomic E-state index is 0. The summed E-state index contributed by atoms with van der Waals surface area (Å²) in [4.78, 5) is 11.0. The van der Waals surface area contributed by atoms with Crippen LogP contribution in [0.2, 0.25) is 0 Å². The van der Waals surface area contributed by atoms with E-state index in [9.17, 15) is 0 Å². The predicted octanol–water partition coefficient (Wildman–Crippen LogP) is 2.91. The minimum Gasteiger partial charge on any atom is -0.478 e. The topological polar surface area (TPSA) is 49.8 Å². The summed E-state index contributed by atoms with van der Waals surface area (Å²) in [6.07, 6.45) is 4.23. The molecule has 1 aliphatic heterocycles. The van der Waals surface area contributed by atoms with Crippen LogP contribution in [0.3, 0.4) is 0 Å². The van der Waals surface area contributed by atoms with Gasteiger partial charge >= 0.3 is 0 Å². The van der Waals surface area contributed by atoms with Crippen LogP contribution in [0.25, 0.3) is 0 Å². The Bertz CT molecular complexity index is 473. The third-order valence-corrected chi connectivity index (χ3v) is 3.86. The zero-order chi connectivity index (χ0) is 15.1. The van der Waals surface area contributed by atoms with Crippen molar-refractivity contribution < 1.29 is 4.74 Å². The van der Waals surface area contributed by atoms with Gasteiger partial charge < -0.3 is 15.0 Å². The Balaban J connectivity index is 0.00000242. The number of piperidine rings is 1. The standard InChI is InChI=1S/C16H26N4O.HI/c1-4-21-15-14(6-5-9-18-15)12-19-16(17-3)20-10-7-13(2)8-11-20;/h5-6,9,13H,4,7-8,10-12H2,1-3H3,(H,17,19);1H. The summed E-state index contributed by atoms with van der Waals surface area (Å²) in [5.74, 6) is 2.49. The van der Waals surface area contributed by atoms with E-state index in [0.29, 0.717) is 19.0 Å². The predicted molar refractivity (Wildman–Crippen MR) is 101 cm³/mol. The highest BCUT2D eigenvalue weighted by atomic mass is 127. The van der Waals surface area contributed by atoms with E-state index in [4.69, 9.17) is 4.74 Å². The van der Waals surface area contributed by atoms with Crippen molar-refractivity contribution in [3.8, 4) is 5.88 Å². The molecular formula is C16H27IN4O. The van der Waals surface area contributed by atoms with E-state index in [2.05, 4.69) is 27.1 Å². The van der Waals surface area contributed by atoms with Crippen molar-refractivity contribution in [2.45, 2.75) is 33.2 Å². The maximum Gasteiger partial charge on any atom is 0.218 e. The van der Waals surface area contributed by atoms with Gasteiger partial charge in [-0.05, 0) is 31.7 Å². The molecule has 1 aliphatic rings. The Morgan fingerprint density at radius 1 is 1.45 bits per heavy atom. The molecule has 1 fully saturated rings. The Morgan fingerprint density at radius 3 is 2.82 bits per heavy atom. The summed E-state index contributed by atoms with van der Waals surface area (Å²) in [6, 6.07) is 3.97. The fourth-order valence-electron chi connectivity index (χ4n) is 2.55. The van der Waals surface area contributed by atoms with Crippen LogP contribution in [0.15, 0.2) is 23.3 Å². The van der Waals surface area contributed by atoms with Crippen LogP contribution in [0.5, 0.6) is 5.88 Å². The zero-order valence-corrected chi connectivity index (χ0v) is 16.0. The number of halogens is 1. The molecule has 0 saturated carbocycles. The molecular weight excluding hydrogens is 391 g/mol. The maximum absolute atomic E-state index is 5.56. The van der Waals surface area contributed by atoms with Crippen LogP contribution in [-0.4, -0.2) is 42.6 Å². The van der Waals surface area contributed by atoms with Gasteiger partial charge in [0.05, 0.1) is 6.61 Å². The number of pyridine rings is 1. The van der Waals surface area contributed by atoms with Crippen molar-refractivity contribution in [2.75, 3.05) is 26.7 Å². The van der Waals surface area contributed by atoms with Gasteiger partial charge in [0.15, 0.2) is 5.96 Å². The number of aromatic nitrogens is 1. The van der Waals surface area contributed by atoms with Crippen LogP contribution in [0.1, 0.15) is 32.3 Å². The highest BCUT2D eigenvalue weighted by molar-refractivity contribution is 14.0. The molecule has 6 heteroatoms. The molecule has 22 heavy (non-hydrogen) atoms. The molecule has 0 atom stereocenters. The summed E-state index contributed by atoms with van der Waals surface area (Å²) in [5.41, 5.74) is 1.06.